The van der Waals surface area contributed by atoms with E-state index in [0.29, 0.717) is 23.0 Å². The first kappa shape index (κ1) is 24.2. The van der Waals surface area contributed by atoms with E-state index in [2.05, 4.69) is 54.6 Å². The second-order valence-electron chi connectivity index (χ2n) is 12.0. The first-order valence-corrected chi connectivity index (χ1v) is 17.8. The van der Waals surface area contributed by atoms with Crippen molar-refractivity contribution in [3.8, 4) is 56.4 Å². The number of rotatable bonds is 5. The minimum atomic E-state index is -0.418. The standard InChI is InChI=1S/C45H27N3S2/c1-4-14-28(15-5-1)31-26-35(29-16-6-2-7-17-29)42-36(27-31)41-34(22-13-25-39(41)50-42)45-47-43(30-18-8-3-9-19-30)46-44(48-45)33-21-12-24-38-40(33)32-20-10-11-23-37(32)49-38/h1-27H/i2D,6D,7D,16D,17D. The highest BCUT2D eigenvalue weighted by atomic mass is 32.1. The Morgan fingerprint density at radius 2 is 0.980 bits per heavy atom. The van der Waals surface area contributed by atoms with Gasteiger partial charge in [0.05, 0.1) is 6.85 Å². The van der Waals surface area contributed by atoms with Gasteiger partial charge in [-0.1, -0.05) is 133 Å². The topological polar surface area (TPSA) is 38.7 Å². The normalized spacial score (nSPS) is 13.0. The average molecular weight is 679 g/mol. The van der Waals surface area contributed by atoms with Crippen LogP contribution < -0.4 is 0 Å². The summed E-state index contributed by atoms with van der Waals surface area (Å²) in [5.41, 5.74) is 5.16. The lowest BCUT2D eigenvalue weighted by Crippen LogP contribution is -2.00. The molecule has 3 heterocycles. The molecule has 3 nitrogen and oxygen atoms in total. The minimum absolute atomic E-state index is 0.173. The molecule has 7 aromatic carbocycles. The fourth-order valence-electron chi connectivity index (χ4n) is 6.78. The fraction of sp³-hybridized carbons (Fsp3) is 0. The Morgan fingerprint density at radius 3 is 1.70 bits per heavy atom. The van der Waals surface area contributed by atoms with Crippen LogP contribution in [0.15, 0.2) is 164 Å². The Balaban J connectivity index is 1.29. The van der Waals surface area contributed by atoms with Crippen molar-refractivity contribution in [3.05, 3.63) is 164 Å². The van der Waals surface area contributed by atoms with Gasteiger partial charge in [-0.3, -0.25) is 0 Å². The summed E-state index contributed by atoms with van der Waals surface area (Å²) in [7, 11) is 0. The second kappa shape index (κ2) is 11.8. The van der Waals surface area contributed by atoms with Gasteiger partial charge in [0.1, 0.15) is 0 Å². The third kappa shape index (κ3) is 4.82. The summed E-state index contributed by atoms with van der Waals surface area (Å²) >= 11 is 3.28. The summed E-state index contributed by atoms with van der Waals surface area (Å²) < 4.78 is 47.3. The van der Waals surface area contributed by atoms with Crippen LogP contribution in [0.25, 0.3) is 96.8 Å². The van der Waals surface area contributed by atoms with Crippen LogP contribution in [0.1, 0.15) is 6.85 Å². The molecule has 0 unspecified atom stereocenters. The van der Waals surface area contributed by atoms with Gasteiger partial charge in [-0.2, -0.15) is 0 Å². The van der Waals surface area contributed by atoms with Gasteiger partial charge in [-0.25, -0.2) is 15.0 Å². The second-order valence-corrected chi connectivity index (χ2v) is 14.1. The predicted octanol–water partition coefficient (Wildman–Crippen LogP) is 12.9. The first-order chi connectivity index (χ1) is 26.9. The van der Waals surface area contributed by atoms with Gasteiger partial charge in [0.15, 0.2) is 17.5 Å². The summed E-state index contributed by atoms with van der Waals surface area (Å²) in [6.45, 7) is 0. The molecule has 0 spiro atoms. The van der Waals surface area contributed by atoms with E-state index < -0.39 is 6.04 Å². The van der Waals surface area contributed by atoms with Crippen molar-refractivity contribution < 1.29 is 6.85 Å². The third-order valence-electron chi connectivity index (χ3n) is 9.02. The molecule has 50 heavy (non-hydrogen) atoms. The van der Waals surface area contributed by atoms with E-state index in [9.17, 15) is 0 Å². The maximum atomic E-state index is 8.95. The Labute approximate surface area is 303 Å². The number of hydrogen-bond acceptors (Lipinski definition) is 5. The van der Waals surface area contributed by atoms with Crippen molar-refractivity contribution in [1.82, 2.24) is 15.0 Å². The first-order valence-electron chi connectivity index (χ1n) is 18.7. The number of nitrogens with zero attached hydrogens (tertiary/aromatic N) is 3. The molecule has 0 bridgehead atoms. The zero-order valence-electron chi connectivity index (χ0n) is 31.4. The molecule has 5 heteroatoms. The van der Waals surface area contributed by atoms with Crippen LogP contribution in [0.5, 0.6) is 0 Å². The highest BCUT2D eigenvalue weighted by molar-refractivity contribution is 7.26. The van der Waals surface area contributed by atoms with Crippen molar-refractivity contribution in [2.24, 2.45) is 0 Å². The van der Waals surface area contributed by atoms with E-state index in [0.717, 1.165) is 63.5 Å². The quantitative estimate of drug-likeness (QED) is 0.182. The maximum absolute atomic E-state index is 8.95. The van der Waals surface area contributed by atoms with E-state index in [1.165, 1.54) is 16.0 Å². The van der Waals surface area contributed by atoms with E-state index in [-0.39, 0.29) is 29.7 Å². The monoisotopic (exact) mass is 678 g/mol. The van der Waals surface area contributed by atoms with Gasteiger partial charge in [-0.15, -0.1) is 22.7 Å². The van der Waals surface area contributed by atoms with Crippen LogP contribution >= 0.6 is 22.7 Å². The molecule has 0 amide bonds. The van der Waals surface area contributed by atoms with Crippen molar-refractivity contribution in [1.29, 1.82) is 0 Å². The molecule has 0 aliphatic carbocycles. The number of thiophene rings is 2. The highest BCUT2D eigenvalue weighted by Crippen LogP contribution is 2.46. The van der Waals surface area contributed by atoms with Crippen molar-refractivity contribution >= 4 is 63.0 Å². The van der Waals surface area contributed by atoms with Crippen LogP contribution in [0.2, 0.25) is 0 Å². The lowest BCUT2D eigenvalue weighted by atomic mass is 9.95. The van der Waals surface area contributed by atoms with Crippen LogP contribution in [-0.2, 0) is 0 Å². The largest absolute Gasteiger partial charge is 0.208 e. The molecule has 0 atom stereocenters. The summed E-state index contributed by atoms with van der Waals surface area (Å²) in [5.74, 6) is 1.64. The van der Waals surface area contributed by atoms with E-state index in [1.54, 1.807) is 11.3 Å². The Kier molecular flexibility index (Phi) is 5.73. The third-order valence-corrected chi connectivity index (χ3v) is 11.4. The lowest BCUT2D eigenvalue weighted by Gasteiger charge is -2.11. The summed E-state index contributed by atoms with van der Waals surface area (Å²) in [5, 5.41) is 4.06. The lowest BCUT2D eigenvalue weighted by molar-refractivity contribution is 1.08. The number of aromatic nitrogens is 3. The van der Waals surface area contributed by atoms with Gasteiger partial charge in [0.2, 0.25) is 0 Å². The Morgan fingerprint density at radius 1 is 0.400 bits per heavy atom. The van der Waals surface area contributed by atoms with Gasteiger partial charge in [-0.05, 0) is 47.0 Å². The van der Waals surface area contributed by atoms with Crippen molar-refractivity contribution in [3.63, 3.8) is 0 Å². The van der Waals surface area contributed by atoms with Gasteiger partial charge in [0, 0.05) is 62.6 Å². The average Bonchev–Trinajstić information content (AvgIpc) is 3.81. The van der Waals surface area contributed by atoms with E-state index in [4.69, 9.17) is 21.8 Å². The van der Waals surface area contributed by atoms with Gasteiger partial charge < -0.3 is 0 Å². The fourth-order valence-corrected chi connectivity index (χ4v) is 9.14. The SMILES string of the molecule is [2H]c1c([2H])c([2H])c(-c2cc(-c3ccccc3)cc3c2sc2cccc(-c4nc(-c5ccccc5)nc(-c5cccc6sc7ccccc7c56)n4)c23)c([2H])c1[2H]. The molecular weight excluding hydrogens is 647 g/mol. The highest BCUT2D eigenvalue weighted by Gasteiger charge is 2.21. The van der Waals surface area contributed by atoms with E-state index in [1.807, 2.05) is 78.9 Å². The molecule has 234 valence electrons. The minimum Gasteiger partial charge on any atom is -0.208 e. The van der Waals surface area contributed by atoms with Crippen molar-refractivity contribution in [2.45, 2.75) is 0 Å². The van der Waals surface area contributed by atoms with Crippen LogP contribution in [0.4, 0.5) is 0 Å². The van der Waals surface area contributed by atoms with Crippen LogP contribution in [0, 0.1) is 0 Å². The molecule has 0 aliphatic rings. The van der Waals surface area contributed by atoms with Gasteiger partial charge in [0.25, 0.3) is 0 Å². The molecular formula is C45H27N3S2. The van der Waals surface area contributed by atoms with Crippen LogP contribution in [0.3, 0.4) is 0 Å². The molecule has 0 radical (unpaired) electrons. The Bertz CT molecular complexity index is 3130. The summed E-state index contributed by atoms with van der Waals surface area (Å²) in [4.78, 5) is 15.5. The van der Waals surface area contributed by atoms with Gasteiger partial charge >= 0.3 is 0 Å². The molecule has 0 N–H and O–H groups in total. The molecule has 10 aromatic rings. The molecule has 3 aromatic heterocycles. The molecule has 0 saturated carbocycles. The number of benzene rings is 7. The molecule has 10 rings (SSSR count). The maximum Gasteiger partial charge on any atom is 0.164 e. The summed E-state index contributed by atoms with van der Waals surface area (Å²) in [6, 6.07) is 43.1. The van der Waals surface area contributed by atoms with Crippen molar-refractivity contribution in [2.75, 3.05) is 0 Å². The molecule has 0 saturated heterocycles. The zero-order valence-corrected chi connectivity index (χ0v) is 28.0. The van der Waals surface area contributed by atoms with Crippen LogP contribution in [-0.4, -0.2) is 15.0 Å². The number of fused-ring (bicyclic) bond motifs is 6. The summed E-state index contributed by atoms with van der Waals surface area (Å²) in [6.07, 6.45) is 0. The molecule has 0 fully saturated rings. The zero-order chi connectivity index (χ0) is 37.4. The number of hydrogen-bond donors (Lipinski definition) is 0. The smallest absolute Gasteiger partial charge is 0.164 e. The molecule has 0 aliphatic heterocycles. The van der Waals surface area contributed by atoms with E-state index >= 15 is 0 Å². The predicted molar refractivity (Wildman–Crippen MR) is 213 cm³/mol. The Hall–Kier alpha value is -6.01.